The maximum Gasteiger partial charge on any atom is 0.416 e. The summed E-state index contributed by atoms with van der Waals surface area (Å²) in [5.74, 6) is 0.387. The normalized spacial score (nSPS) is 11.6. The molecule has 1 rings (SSSR count). The van der Waals surface area contributed by atoms with Crippen LogP contribution in [0.3, 0.4) is 0 Å². The van der Waals surface area contributed by atoms with Gasteiger partial charge in [-0.2, -0.15) is 13.2 Å². The van der Waals surface area contributed by atoms with Crippen molar-refractivity contribution in [1.29, 1.82) is 0 Å². The third-order valence-electron chi connectivity index (χ3n) is 2.53. The Morgan fingerprint density at radius 3 is 2.61 bits per heavy atom. The van der Waals surface area contributed by atoms with Gasteiger partial charge in [-0.05, 0) is 18.6 Å². The van der Waals surface area contributed by atoms with Crippen LogP contribution >= 0.6 is 15.9 Å². The van der Waals surface area contributed by atoms with Crippen LogP contribution < -0.4 is 4.90 Å². The first kappa shape index (κ1) is 15.3. The van der Waals surface area contributed by atoms with Gasteiger partial charge in [-0.3, -0.25) is 0 Å². The highest BCUT2D eigenvalue weighted by molar-refractivity contribution is 9.09. The Balaban J connectivity index is 2.90. The first-order valence-corrected chi connectivity index (χ1v) is 6.95. The molecule has 6 heteroatoms. The lowest BCUT2D eigenvalue weighted by Gasteiger charge is -2.23. The molecule has 0 saturated carbocycles. The zero-order valence-electron chi connectivity index (χ0n) is 10.2. The summed E-state index contributed by atoms with van der Waals surface area (Å²) in [4.78, 5) is 5.90. The first-order chi connectivity index (χ1) is 8.49. The second-order valence-corrected chi connectivity index (χ2v) is 4.72. The van der Waals surface area contributed by atoms with E-state index in [1.807, 2.05) is 11.8 Å². The monoisotopic (exact) mass is 324 g/mol. The summed E-state index contributed by atoms with van der Waals surface area (Å²) in [6.45, 7) is 3.41. The largest absolute Gasteiger partial charge is 0.416 e. The molecule has 1 heterocycles. The average Bonchev–Trinajstić information content (AvgIpc) is 2.33. The smallest absolute Gasteiger partial charge is 0.356 e. The molecule has 0 spiro atoms. The maximum absolute atomic E-state index is 12.6. The molecule has 0 fully saturated rings. The fraction of sp³-hybridized carbons (Fsp3) is 0.583. The zero-order valence-corrected chi connectivity index (χ0v) is 11.8. The number of hydrogen-bond acceptors (Lipinski definition) is 2. The van der Waals surface area contributed by atoms with E-state index in [1.54, 1.807) is 0 Å². The van der Waals surface area contributed by atoms with Crippen molar-refractivity contribution in [3.05, 3.63) is 23.9 Å². The molecule has 0 aliphatic carbocycles. The van der Waals surface area contributed by atoms with Crippen LogP contribution in [0.15, 0.2) is 18.3 Å². The zero-order chi connectivity index (χ0) is 13.6. The third-order valence-corrected chi connectivity index (χ3v) is 2.89. The number of nitrogens with zero attached hydrogens (tertiary/aromatic N) is 2. The summed E-state index contributed by atoms with van der Waals surface area (Å²) in [5, 5.41) is 0.703. The quantitative estimate of drug-likeness (QED) is 0.732. The summed E-state index contributed by atoms with van der Waals surface area (Å²) in [5.41, 5.74) is -0.649. The van der Waals surface area contributed by atoms with E-state index in [-0.39, 0.29) is 0 Å². The van der Waals surface area contributed by atoms with Gasteiger partial charge in [0.05, 0.1) is 5.56 Å². The highest BCUT2D eigenvalue weighted by atomic mass is 79.9. The molecule has 0 N–H and O–H groups in total. The van der Waals surface area contributed by atoms with Crippen LogP contribution in [0, 0.1) is 0 Å². The summed E-state index contributed by atoms with van der Waals surface area (Å²) < 4.78 is 37.8. The van der Waals surface area contributed by atoms with Gasteiger partial charge < -0.3 is 4.90 Å². The van der Waals surface area contributed by atoms with Gasteiger partial charge >= 0.3 is 6.18 Å². The number of rotatable bonds is 6. The predicted molar refractivity (Wildman–Crippen MR) is 70.2 cm³/mol. The van der Waals surface area contributed by atoms with Crippen LogP contribution in [0.1, 0.15) is 25.3 Å². The van der Waals surface area contributed by atoms with E-state index in [9.17, 15) is 13.2 Å². The minimum absolute atomic E-state index is 0.387. The van der Waals surface area contributed by atoms with E-state index in [1.165, 1.54) is 6.20 Å². The Hall–Kier alpha value is -0.780. The fourth-order valence-corrected chi connectivity index (χ4v) is 1.99. The molecule has 2 nitrogen and oxygen atoms in total. The second kappa shape index (κ2) is 6.97. The summed E-state index contributed by atoms with van der Waals surface area (Å²) >= 11 is 3.31. The predicted octanol–water partition coefficient (Wildman–Crippen LogP) is 4.10. The molecule has 0 amide bonds. The summed E-state index contributed by atoms with van der Waals surface area (Å²) in [7, 11) is 0. The van der Waals surface area contributed by atoms with E-state index in [4.69, 9.17) is 0 Å². The highest BCUT2D eigenvalue weighted by Gasteiger charge is 2.31. The number of alkyl halides is 4. The van der Waals surface area contributed by atoms with Crippen LogP contribution in [-0.2, 0) is 6.18 Å². The highest BCUT2D eigenvalue weighted by Crippen LogP contribution is 2.30. The Kier molecular flexibility index (Phi) is 5.91. The fourth-order valence-electron chi connectivity index (χ4n) is 1.56. The number of unbranched alkanes of at least 4 members (excludes halogenated alkanes) is 1. The molecule has 0 saturated heterocycles. The molecular formula is C12H16BrF3N2. The van der Waals surface area contributed by atoms with Crippen molar-refractivity contribution in [2.45, 2.75) is 25.9 Å². The van der Waals surface area contributed by atoms with Crippen LogP contribution in [0.2, 0.25) is 0 Å². The van der Waals surface area contributed by atoms with Gasteiger partial charge in [-0.1, -0.05) is 29.3 Å². The van der Waals surface area contributed by atoms with Crippen LogP contribution in [-0.4, -0.2) is 23.4 Å². The van der Waals surface area contributed by atoms with Crippen molar-refractivity contribution in [2.24, 2.45) is 0 Å². The average molecular weight is 325 g/mol. The van der Waals surface area contributed by atoms with Crippen LogP contribution in [0.25, 0.3) is 0 Å². The van der Waals surface area contributed by atoms with Gasteiger partial charge in [0.15, 0.2) is 0 Å². The van der Waals surface area contributed by atoms with Gasteiger partial charge in [-0.15, -0.1) is 0 Å². The molecule has 102 valence electrons. The standard InChI is InChI=1S/C12H16BrF3N2/c1-2-3-7-18(8-5-13)11-9-10(4-6-17-11)12(14,15)16/h4,6,9H,2-3,5,7-8H2,1H3. The molecule has 1 aromatic rings. The molecule has 0 atom stereocenters. The lowest BCUT2D eigenvalue weighted by molar-refractivity contribution is -0.137. The lowest BCUT2D eigenvalue weighted by Crippen LogP contribution is -2.27. The molecule has 0 aliphatic heterocycles. The minimum Gasteiger partial charge on any atom is -0.356 e. The number of halogens is 4. The molecule has 0 aromatic carbocycles. The van der Waals surface area contributed by atoms with Crippen molar-refractivity contribution in [3.63, 3.8) is 0 Å². The minimum atomic E-state index is -4.32. The van der Waals surface area contributed by atoms with E-state index < -0.39 is 11.7 Å². The molecule has 0 unspecified atom stereocenters. The number of aromatic nitrogens is 1. The van der Waals surface area contributed by atoms with Crippen LogP contribution in [0.4, 0.5) is 19.0 Å². The van der Waals surface area contributed by atoms with Crippen molar-refractivity contribution < 1.29 is 13.2 Å². The Morgan fingerprint density at radius 1 is 1.33 bits per heavy atom. The molecule has 0 bridgehead atoms. The Morgan fingerprint density at radius 2 is 2.06 bits per heavy atom. The molecular weight excluding hydrogens is 309 g/mol. The van der Waals surface area contributed by atoms with E-state index in [2.05, 4.69) is 20.9 Å². The topological polar surface area (TPSA) is 16.1 Å². The van der Waals surface area contributed by atoms with Gasteiger partial charge in [0.25, 0.3) is 0 Å². The van der Waals surface area contributed by atoms with Gasteiger partial charge in [-0.25, -0.2) is 4.98 Å². The molecule has 0 aliphatic rings. The van der Waals surface area contributed by atoms with E-state index in [0.29, 0.717) is 17.7 Å². The van der Waals surface area contributed by atoms with Gasteiger partial charge in [0.2, 0.25) is 0 Å². The number of hydrogen-bond donors (Lipinski definition) is 0. The third kappa shape index (κ3) is 4.48. The summed E-state index contributed by atoms with van der Waals surface area (Å²) in [6.07, 6.45) is -1.17. The Bertz CT molecular complexity index is 369. The van der Waals surface area contributed by atoms with Crippen molar-refractivity contribution in [1.82, 2.24) is 4.98 Å². The van der Waals surface area contributed by atoms with Crippen molar-refractivity contribution >= 4 is 21.7 Å². The molecule has 0 radical (unpaired) electrons. The van der Waals surface area contributed by atoms with Gasteiger partial charge in [0.1, 0.15) is 5.82 Å². The van der Waals surface area contributed by atoms with Crippen molar-refractivity contribution in [2.75, 3.05) is 23.3 Å². The molecule has 1 aromatic heterocycles. The SMILES string of the molecule is CCCCN(CCBr)c1cc(C(F)(F)F)ccn1. The van der Waals surface area contributed by atoms with E-state index in [0.717, 1.165) is 31.5 Å². The lowest BCUT2D eigenvalue weighted by atomic mass is 10.2. The maximum atomic E-state index is 12.6. The molecule has 18 heavy (non-hydrogen) atoms. The van der Waals surface area contributed by atoms with Crippen LogP contribution in [0.5, 0.6) is 0 Å². The Labute approximate surface area is 113 Å². The summed E-state index contributed by atoms with van der Waals surface area (Å²) in [6, 6.07) is 2.11. The van der Waals surface area contributed by atoms with Gasteiger partial charge in [0, 0.05) is 24.6 Å². The van der Waals surface area contributed by atoms with E-state index >= 15 is 0 Å². The van der Waals surface area contributed by atoms with Crippen molar-refractivity contribution in [3.8, 4) is 0 Å². The number of anilines is 1. The number of pyridine rings is 1. The first-order valence-electron chi connectivity index (χ1n) is 5.83. The second-order valence-electron chi connectivity index (χ2n) is 3.93.